The lowest BCUT2D eigenvalue weighted by Crippen LogP contribution is -2.52. The minimum atomic E-state index is -0.212. The Morgan fingerprint density at radius 3 is 2.81 bits per heavy atom. The van der Waals surface area contributed by atoms with E-state index in [1.165, 1.54) is 36.8 Å². The summed E-state index contributed by atoms with van der Waals surface area (Å²) < 4.78 is 5.75. The van der Waals surface area contributed by atoms with Crippen LogP contribution in [0.15, 0.2) is 18.2 Å². The highest BCUT2D eigenvalue weighted by molar-refractivity contribution is 5.71. The molecule has 3 aliphatic rings. The number of carbonyl (C=O) groups excluding carboxylic acids is 1. The van der Waals surface area contributed by atoms with Crippen molar-refractivity contribution >= 4 is 6.09 Å². The predicted molar refractivity (Wildman–Crippen MR) is 103 cm³/mol. The highest BCUT2D eigenvalue weighted by Crippen LogP contribution is 2.46. The molecule has 1 aromatic rings. The van der Waals surface area contributed by atoms with Crippen LogP contribution in [0.3, 0.4) is 0 Å². The Balaban J connectivity index is 1.61. The third-order valence-electron chi connectivity index (χ3n) is 6.96. The Kier molecular flexibility index (Phi) is 4.72. The van der Waals surface area contributed by atoms with E-state index in [9.17, 15) is 4.79 Å². The largest absolute Gasteiger partial charge is 0.415 e. The van der Waals surface area contributed by atoms with Gasteiger partial charge in [-0.2, -0.15) is 0 Å². The summed E-state index contributed by atoms with van der Waals surface area (Å²) in [5, 5.41) is 0. The maximum Gasteiger partial charge on any atom is 0.415 e. The quantitative estimate of drug-likeness (QED) is 0.874. The van der Waals surface area contributed by atoms with E-state index in [4.69, 9.17) is 10.5 Å². The van der Waals surface area contributed by atoms with Gasteiger partial charge >= 0.3 is 6.09 Å². The first-order valence-corrected chi connectivity index (χ1v) is 10.4. The molecule has 0 spiro atoms. The van der Waals surface area contributed by atoms with Gasteiger partial charge in [0.25, 0.3) is 0 Å². The highest BCUT2D eigenvalue weighted by Gasteiger charge is 2.44. The van der Waals surface area contributed by atoms with Gasteiger partial charge in [0.2, 0.25) is 0 Å². The summed E-state index contributed by atoms with van der Waals surface area (Å²) in [5.74, 6) is 1.24. The normalized spacial score (nSPS) is 30.7. The molecule has 3 aliphatic carbocycles. The van der Waals surface area contributed by atoms with Crippen molar-refractivity contribution in [1.82, 2.24) is 4.90 Å². The minimum absolute atomic E-state index is 0.0119. The van der Waals surface area contributed by atoms with Crippen LogP contribution in [0.4, 0.5) is 4.79 Å². The van der Waals surface area contributed by atoms with Crippen molar-refractivity contribution in [2.45, 2.75) is 82.7 Å². The van der Waals surface area contributed by atoms with Crippen molar-refractivity contribution in [2.75, 3.05) is 6.54 Å². The summed E-state index contributed by atoms with van der Waals surface area (Å²) in [6, 6.07) is 6.81. The van der Waals surface area contributed by atoms with Crippen LogP contribution < -0.4 is 10.5 Å². The van der Waals surface area contributed by atoms with Crippen molar-refractivity contribution in [2.24, 2.45) is 11.7 Å². The van der Waals surface area contributed by atoms with Gasteiger partial charge in [0.05, 0.1) is 0 Å². The molecule has 4 rings (SSSR count). The number of amides is 1. The second-order valence-corrected chi connectivity index (χ2v) is 8.71. The Labute approximate surface area is 157 Å². The zero-order chi connectivity index (χ0) is 18.3. The summed E-state index contributed by atoms with van der Waals surface area (Å²) >= 11 is 0. The van der Waals surface area contributed by atoms with E-state index in [0.717, 1.165) is 25.7 Å². The fraction of sp³-hybridized carbons (Fsp3) is 0.682. The van der Waals surface area contributed by atoms with Gasteiger partial charge in [0, 0.05) is 24.0 Å². The molecule has 0 aromatic heterocycles. The predicted octanol–water partition coefficient (Wildman–Crippen LogP) is 4.39. The molecule has 0 aliphatic heterocycles. The molecule has 2 N–H and O–H groups in total. The fourth-order valence-corrected chi connectivity index (χ4v) is 5.18. The van der Waals surface area contributed by atoms with Gasteiger partial charge in [-0.25, -0.2) is 4.79 Å². The van der Waals surface area contributed by atoms with Crippen molar-refractivity contribution in [3.63, 3.8) is 0 Å². The monoisotopic (exact) mass is 356 g/mol. The lowest BCUT2D eigenvalue weighted by molar-refractivity contribution is 0.151. The molecule has 0 radical (unpaired) electrons. The Morgan fingerprint density at radius 1 is 1.27 bits per heavy atom. The third kappa shape index (κ3) is 3.13. The van der Waals surface area contributed by atoms with E-state index in [1.807, 2.05) is 17.9 Å². The van der Waals surface area contributed by atoms with E-state index in [2.05, 4.69) is 19.1 Å². The van der Waals surface area contributed by atoms with Gasteiger partial charge in [0.1, 0.15) is 5.75 Å². The van der Waals surface area contributed by atoms with E-state index in [-0.39, 0.29) is 17.6 Å². The first-order valence-electron chi connectivity index (χ1n) is 10.4. The zero-order valence-electron chi connectivity index (χ0n) is 16.2. The van der Waals surface area contributed by atoms with Gasteiger partial charge in [0.15, 0.2) is 0 Å². The molecule has 0 heterocycles. The van der Waals surface area contributed by atoms with Gasteiger partial charge < -0.3 is 15.4 Å². The first kappa shape index (κ1) is 17.8. The van der Waals surface area contributed by atoms with Crippen LogP contribution in [0.25, 0.3) is 0 Å². The lowest BCUT2D eigenvalue weighted by Gasteiger charge is -2.47. The number of carbonyl (C=O) groups is 1. The molecule has 2 saturated carbocycles. The Morgan fingerprint density at radius 2 is 2.08 bits per heavy atom. The van der Waals surface area contributed by atoms with Crippen LogP contribution in [0, 0.1) is 5.92 Å². The molecule has 2 fully saturated rings. The molecule has 4 heteroatoms. The van der Waals surface area contributed by atoms with Crippen molar-refractivity contribution in [1.29, 1.82) is 0 Å². The second kappa shape index (κ2) is 6.88. The molecular weight excluding hydrogens is 324 g/mol. The average molecular weight is 357 g/mol. The third-order valence-corrected chi connectivity index (χ3v) is 6.96. The summed E-state index contributed by atoms with van der Waals surface area (Å²) in [7, 11) is 0. The van der Waals surface area contributed by atoms with Crippen LogP contribution in [-0.2, 0) is 11.8 Å². The van der Waals surface area contributed by atoms with Gasteiger partial charge in [-0.05, 0) is 68.2 Å². The number of hydrogen-bond acceptors (Lipinski definition) is 3. The Bertz CT molecular complexity index is 685. The highest BCUT2D eigenvalue weighted by atomic mass is 16.6. The molecule has 4 nitrogen and oxygen atoms in total. The summed E-state index contributed by atoms with van der Waals surface area (Å²) in [6.07, 6.45) is 9.23. The minimum Gasteiger partial charge on any atom is -0.410 e. The summed E-state index contributed by atoms with van der Waals surface area (Å²) in [4.78, 5) is 14.4. The molecule has 26 heavy (non-hydrogen) atoms. The average Bonchev–Trinajstić information content (AvgIpc) is 3.45. The van der Waals surface area contributed by atoms with E-state index < -0.39 is 0 Å². The lowest BCUT2D eigenvalue weighted by atomic mass is 9.60. The van der Waals surface area contributed by atoms with E-state index in [1.54, 1.807) is 0 Å². The van der Waals surface area contributed by atoms with Gasteiger partial charge in [-0.3, -0.25) is 0 Å². The number of nitrogens with zero attached hydrogens (tertiary/aromatic N) is 1. The summed E-state index contributed by atoms with van der Waals surface area (Å²) in [6.45, 7) is 5.04. The summed E-state index contributed by atoms with van der Waals surface area (Å²) in [5.41, 5.74) is 9.45. The molecule has 0 unspecified atom stereocenters. The van der Waals surface area contributed by atoms with E-state index >= 15 is 0 Å². The Hall–Kier alpha value is -1.55. The van der Waals surface area contributed by atoms with Crippen molar-refractivity contribution in [3.8, 4) is 5.75 Å². The number of benzene rings is 1. The number of nitrogens with two attached hydrogens (primary N) is 1. The SMILES string of the molecule is CCN(C(=O)Oc1ccc2c(c1)[C@@]1(C)CCCCC[C@@H](C2)[C@@H]1N)C1CC1. The maximum absolute atomic E-state index is 12.5. The van der Waals surface area contributed by atoms with Gasteiger partial charge in [-0.15, -0.1) is 0 Å². The molecule has 2 bridgehead atoms. The number of hydrogen-bond donors (Lipinski definition) is 1. The second-order valence-electron chi connectivity index (χ2n) is 8.71. The number of fused-ring (bicyclic) bond motifs is 4. The van der Waals surface area contributed by atoms with Crippen LogP contribution in [-0.4, -0.2) is 29.6 Å². The van der Waals surface area contributed by atoms with Crippen LogP contribution in [0.5, 0.6) is 5.75 Å². The van der Waals surface area contributed by atoms with Crippen molar-refractivity contribution in [3.05, 3.63) is 29.3 Å². The van der Waals surface area contributed by atoms with E-state index in [0.29, 0.717) is 24.3 Å². The first-order chi connectivity index (χ1) is 12.5. The molecule has 1 aromatic carbocycles. The number of ether oxygens (including phenoxy) is 1. The molecule has 3 atom stereocenters. The smallest absolute Gasteiger partial charge is 0.410 e. The van der Waals surface area contributed by atoms with Crippen LogP contribution in [0.2, 0.25) is 0 Å². The van der Waals surface area contributed by atoms with Crippen LogP contribution in [0.1, 0.15) is 69.9 Å². The van der Waals surface area contributed by atoms with Crippen LogP contribution >= 0.6 is 0 Å². The van der Waals surface area contributed by atoms with Gasteiger partial charge in [-0.1, -0.05) is 32.3 Å². The van der Waals surface area contributed by atoms with Crippen molar-refractivity contribution < 1.29 is 9.53 Å². The molecule has 1 amide bonds. The molecule has 0 saturated heterocycles. The fourth-order valence-electron chi connectivity index (χ4n) is 5.18. The molecular formula is C22H32N2O2. The number of rotatable bonds is 3. The maximum atomic E-state index is 12.5. The molecule has 142 valence electrons. The standard InChI is InChI=1S/C22H32N2O2/c1-3-24(17-9-10-17)21(25)26-18-11-8-15-13-16-7-5-4-6-12-22(2,20(16)23)19(15)14-18/h8,11,14,16-17,20H,3-7,9-10,12-13,23H2,1-2H3/t16-,20-,22+/m0/s1. The zero-order valence-corrected chi connectivity index (χ0v) is 16.2. The topological polar surface area (TPSA) is 55.6 Å².